The fraction of sp³-hybridized carbons (Fsp3) is 0.333. The Kier molecular flexibility index (Phi) is 4.76. The van der Waals surface area contributed by atoms with Gasteiger partial charge in [0.2, 0.25) is 11.8 Å². The van der Waals surface area contributed by atoms with Crippen molar-refractivity contribution in [3.63, 3.8) is 0 Å². The molecule has 0 aliphatic carbocycles. The van der Waals surface area contributed by atoms with Crippen molar-refractivity contribution in [2.75, 3.05) is 13.2 Å². The van der Waals surface area contributed by atoms with Crippen molar-refractivity contribution in [2.24, 2.45) is 5.73 Å². The number of nitrogens with two attached hydrogens (primary N) is 1. The zero-order valence-electron chi connectivity index (χ0n) is 5.91. The molecular formula is C6H10N2O3. The molecule has 5 nitrogen and oxygen atoms in total. The summed E-state index contributed by atoms with van der Waals surface area (Å²) in [6.45, 7) is -0.390. The van der Waals surface area contributed by atoms with E-state index in [2.05, 4.69) is 5.32 Å². The number of amides is 2. The number of hydrogen-bond donors (Lipinski definition) is 3. The summed E-state index contributed by atoms with van der Waals surface area (Å²) in [7, 11) is 0. The van der Waals surface area contributed by atoms with Crippen LogP contribution < -0.4 is 11.1 Å². The fourth-order valence-corrected chi connectivity index (χ4v) is 0.393. The molecule has 0 heterocycles. The topological polar surface area (TPSA) is 92.4 Å². The first-order chi connectivity index (χ1) is 5.16. The average Bonchev–Trinajstić information content (AvgIpc) is 1.97. The van der Waals surface area contributed by atoms with E-state index in [0.29, 0.717) is 0 Å². The van der Waals surface area contributed by atoms with Gasteiger partial charge in [-0.3, -0.25) is 9.59 Å². The lowest BCUT2D eigenvalue weighted by molar-refractivity contribution is -0.122. The fourth-order valence-electron chi connectivity index (χ4n) is 0.393. The molecule has 62 valence electrons. The van der Waals surface area contributed by atoms with Crippen molar-refractivity contribution in [3.8, 4) is 0 Å². The molecule has 0 fully saturated rings. The molecule has 2 amide bonds. The monoisotopic (exact) mass is 158 g/mol. The summed E-state index contributed by atoms with van der Waals surface area (Å²) in [5, 5.41) is 10.4. The molecule has 4 N–H and O–H groups in total. The molecule has 0 aliphatic rings. The predicted molar refractivity (Wildman–Crippen MR) is 38.4 cm³/mol. The van der Waals surface area contributed by atoms with Gasteiger partial charge in [0.15, 0.2) is 0 Å². The van der Waals surface area contributed by atoms with E-state index < -0.39 is 11.8 Å². The van der Waals surface area contributed by atoms with Crippen LogP contribution in [-0.2, 0) is 9.59 Å². The molecule has 0 aromatic rings. The van der Waals surface area contributed by atoms with E-state index in [-0.39, 0.29) is 13.2 Å². The van der Waals surface area contributed by atoms with Crippen molar-refractivity contribution in [3.05, 3.63) is 12.2 Å². The van der Waals surface area contributed by atoms with Crippen LogP contribution in [-0.4, -0.2) is 30.1 Å². The van der Waals surface area contributed by atoms with Gasteiger partial charge in [0.25, 0.3) is 0 Å². The molecule has 0 rings (SSSR count). The number of aliphatic hydroxyl groups excluding tert-OH is 1. The Labute approximate surface area is 63.9 Å². The molecule has 0 unspecified atom stereocenters. The smallest absolute Gasteiger partial charge is 0.244 e. The van der Waals surface area contributed by atoms with Crippen molar-refractivity contribution in [1.82, 2.24) is 5.32 Å². The van der Waals surface area contributed by atoms with Crippen LogP contribution in [0.5, 0.6) is 0 Å². The Bertz CT molecular complexity index is 177. The molecule has 0 saturated heterocycles. The van der Waals surface area contributed by atoms with Crippen LogP contribution in [0.25, 0.3) is 0 Å². The highest BCUT2D eigenvalue weighted by molar-refractivity contribution is 5.90. The van der Waals surface area contributed by atoms with E-state index in [1.807, 2.05) is 0 Å². The number of primary amides is 1. The first-order valence-electron chi connectivity index (χ1n) is 3.00. The Morgan fingerprint density at radius 2 is 2.18 bits per heavy atom. The van der Waals surface area contributed by atoms with Gasteiger partial charge in [-0.15, -0.1) is 0 Å². The van der Waals surface area contributed by atoms with Crippen LogP contribution in [0.2, 0.25) is 0 Å². The van der Waals surface area contributed by atoms with Crippen LogP contribution in [0.4, 0.5) is 0 Å². The van der Waals surface area contributed by atoms with E-state index in [1.165, 1.54) is 6.08 Å². The minimum absolute atomic E-state index is 0.186. The molecule has 5 heteroatoms. The Morgan fingerprint density at radius 1 is 1.55 bits per heavy atom. The highest BCUT2D eigenvalue weighted by atomic mass is 16.2. The predicted octanol–water partition coefficient (Wildman–Crippen LogP) is -1.86. The molecule has 0 radical (unpaired) electrons. The number of aliphatic hydroxyl groups is 1. The summed E-state index contributed by atoms with van der Waals surface area (Å²) < 4.78 is 0. The highest BCUT2D eigenvalue weighted by Gasteiger charge is 1.95. The Morgan fingerprint density at radius 3 is 2.64 bits per heavy atom. The molecule has 0 aliphatic heterocycles. The summed E-state index contributed by atoms with van der Waals surface area (Å²) in [5.74, 6) is -1.05. The van der Waals surface area contributed by atoms with E-state index in [0.717, 1.165) is 6.08 Å². The SMILES string of the molecule is NC(=O)CNC(=O)C=CCO. The van der Waals surface area contributed by atoms with Crippen LogP contribution in [0.3, 0.4) is 0 Å². The largest absolute Gasteiger partial charge is 0.392 e. The standard InChI is InChI=1S/C6H10N2O3/c7-5(10)4-8-6(11)2-1-3-9/h1-2,9H,3-4H2,(H2,7,10)(H,8,11). The summed E-state index contributed by atoms with van der Waals surface area (Å²) >= 11 is 0. The normalized spacial score (nSPS) is 9.91. The van der Waals surface area contributed by atoms with Gasteiger partial charge in [-0.2, -0.15) is 0 Å². The lowest BCUT2D eigenvalue weighted by Gasteiger charge is -1.95. The summed E-state index contributed by atoms with van der Waals surface area (Å²) in [4.78, 5) is 20.7. The van der Waals surface area contributed by atoms with E-state index >= 15 is 0 Å². The van der Waals surface area contributed by atoms with Gasteiger partial charge in [0, 0.05) is 6.08 Å². The van der Waals surface area contributed by atoms with Gasteiger partial charge in [0.1, 0.15) is 0 Å². The maximum Gasteiger partial charge on any atom is 0.244 e. The molecule has 0 spiro atoms. The van der Waals surface area contributed by atoms with Crippen molar-refractivity contribution < 1.29 is 14.7 Å². The summed E-state index contributed by atoms with van der Waals surface area (Å²) in [6.07, 6.45) is 2.39. The third-order valence-electron chi connectivity index (χ3n) is 0.811. The molecule has 0 atom stereocenters. The molecule has 0 aromatic heterocycles. The van der Waals surface area contributed by atoms with Gasteiger partial charge in [0.05, 0.1) is 13.2 Å². The number of nitrogens with one attached hydrogen (secondary N) is 1. The van der Waals surface area contributed by atoms with Crippen LogP contribution >= 0.6 is 0 Å². The van der Waals surface area contributed by atoms with Gasteiger partial charge < -0.3 is 16.2 Å². The van der Waals surface area contributed by atoms with Crippen LogP contribution in [0.1, 0.15) is 0 Å². The number of carbonyl (C=O) groups is 2. The second kappa shape index (κ2) is 5.43. The zero-order valence-corrected chi connectivity index (χ0v) is 5.91. The highest BCUT2D eigenvalue weighted by Crippen LogP contribution is 1.71. The van der Waals surface area contributed by atoms with Gasteiger partial charge in [-0.05, 0) is 0 Å². The molecule has 11 heavy (non-hydrogen) atoms. The van der Waals surface area contributed by atoms with Crippen LogP contribution in [0, 0.1) is 0 Å². The van der Waals surface area contributed by atoms with Crippen LogP contribution in [0.15, 0.2) is 12.2 Å². The average molecular weight is 158 g/mol. The second-order valence-corrected chi connectivity index (χ2v) is 1.77. The van der Waals surface area contributed by atoms with E-state index in [1.54, 1.807) is 0 Å². The number of hydrogen-bond acceptors (Lipinski definition) is 3. The third-order valence-corrected chi connectivity index (χ3v) is 0.811. The lowest BCUT2D eigenvalue weighted by atomic mass is 10.4. The zero-order chi connectivity index (χ0) is 8.69. The first kappa shape index (κ1) is 9.64. The van der Waals surface area contributed by atoms with Crippen molar-refractivity contribution >= 4 is 11.8 Å². The van der Waals surface area contributed by atoms with E-state index in [9.17, 15) is 9.59 Å². The maximum absolute atomic E-state index is 10.6. The van der Waals surface area contributed by atoms with Crippen molar-refractivity contribution in [1.29, 1.82) is 0 Å². The second-order valence-electron chi connectivity index (χ2n) is 1.77. The summed E-state index contributed by atoms with van der Waals surface area (Å²) in [5.41, 5.74) is 4.74. The van der Waals surface area contributed by atoms with Gasteiger partial charge >= 0.3 is 0 Å². The molecule has 0 saturated carbocycles. The quantitative estimate of drug-likeness (QED) is 0.419. The number of rotatable bonds is 4. The molecule has 0 aromatic carbocycles. The summed E-state index contributed by atoms with van der Waals surface area (Å²) in [6, 6.07) is 0. The van der Waals surface area contributed by atoms with E-state index in [4.69, 9.17) is 10.8 Å². The first-order valence-corrected chi connectivity index (χ1v) is 3.00. The Hall–Kier alpha value is -1.36. The molecular weight excluding hydrogens is 148 g/mol. The van der Waals surface area contributed by atoms with Gasteiger partial charge in [-0.25, -0.2) is 0 Å². The minimum atomic E-state index is -0.601. The third kappa shape index (κ3) is 6.53. The van der Waals surface area contributed by atoms with Gasteiger partial charge in [-0.1, -0.05) is 6.08 Å². The minimum Gasteiger partial charge on any atom is -0.392 e. The molecule has 0 bridgehead atoms. The Balaban J connectivity index is 3.53. The van der Waals surface area contributed by atoms with Crippen molar-refractivity contribution in [2.45, 2.75) is 0 Å². The lowest BCUT2D eigenvalue weighted by Crippen LogP contribution is -2.32. The maximum atomic E-state index is 10.6. The number of carbonyl (C=O) groups excluding carboxylic acids is 2.